The quantitative estimate of drug-likeness (QED) is 0.884. The summed E-state index contributed by atoms with van der Waals surface area (Å²) < 4.78 is 8.24. The van der Waals surface area contributed by atoms with Crippen LogP contribution in [0.1, 0.15) is 0 Å². The van der Waals surface area contributed by atoms with Gasteiger partial charge in [0.15, 0.2) is 4.77 Å². The summed E-state index contributed by atoms with van der Waals surface area (Å²) in [5.74, 6) is 0. The van der Waals surface area contributed by atoms with Gasteiger partial charge in [-0.15, -0.1) is 0 Å². The molecule has 1 fully saturated rings. The lowest BCUT2D eigenvalue weighted by Crippen LogP contribution is -2.38. The summed E-state index contributed by atoms with van der Waals surface area (Å²) in [6.07, 6.45) is 0. The summed E-state index contributed by atoms with van der Waals surface area (Å²) in [4.78, 5) is 5.61. The number of ether oxygens (including phenoxy) is 1. The molecular formula is C13H16ClN3OS. The number of hydrogen-bond acceptors (Lipinski definition) is 3. The smallest absolute Gasteiger partial charge is 0.178 e. The summed E-state index contributed by atoms with van der Waals surface area (Å²) >= 11 is 11.4. The molecule has 3 rings (SSSR count). The fraction of sp³-hybridized carbons (Fsp3) is 0.462. The van der Waals surface area contributed by atoms with Gasteiger partial charge in [-0.3, -0.25) is 4.90 Å². The molecule has 1 aromatic carbocycles. The van der Waals surface area contributed by atoms with Crippen molar-refractivity contribution in [3.8, 4) is 0 Å². The molecule has 2 aromatic rings. The molecular weight excluding hydrogens is 282 g/mol. The van der Waals surface area contributed by atoms with Gasteiger partial charge >= 0.3 is 0 Å². The Morgan fingerprint density at radius 3 is 2.84 bits per heavy atom. The average Bonchev–Trinajstić information content (AvgIpc) is 2.72. The number of fused-ring (bicyclic) bond motifs is 1. The van der Waals surface area contributed by atoms with Crippen molar-refractivity contribution in [1.82, 2.24) is 14.5 Å². The first-order valence-electron chi connectivity index (χ1n) is 6.42. The van der Waals surface area contributed by atoms with E-state index in [9.17, 15) is 0 Å². The summed E-state index contributed by atoms with van der Waals surface area (Å²) in [5, 5.41) is 0.726. The lowest BCUT2D eigenvalue weighted by atomic mass is 10.3. The summed E-state index contributed by atoms with van der Waals surface area (Å²) in [7, 11) is 0. The molecule has 1 N–H and O–H groups in total. The van der Waals surface area contributed by atoms with Crippen LogP contribution < -0.4 is 0 Å². The lowest BCUT2D eigenvalue weighted by Gasteiger charge is -2.26. The van der Waals surface area contributed by atoms with E-state index in [0.29, 0.717) is 0 Å². The van der Waals surface area contributed by atoms with Gasteiger partial charge in [0.1, 0.15) is 0 Å². The second-order valence-electron chi connectivity index (χ2n) is 4.70. The van der Waals surface area contributed by atoms with Crippen LogP contribution in [0.2, 0.25) is 5.02 Å². The van der Waals surface area contributed by atoms with Crippen molar-refractivity contribution in [3.05, 3.63) is 28.0 Å². The second kappa shape index (κ2) is 5.63. The van der Waals surface area contributed by atoms with Crippen LogP contribution in [-0.2, 0) is 11.3 Å². The largest absolute Gasteiger partial charge is 0.379 e. The molecule has 1 saturated heterocycles. The molecule has 0 unspecified atom stereocenters. The SMILES string of the molecule is S=c1[nH]c2cc(Cl)ccc2n1CCN1CCOCC1. The predicted molar refractivity (Wildman–Crippen MR) is 79.4 cm³/mol. The molecule has 0 radical (unpaired) electrons. The maximum atomic E-state index is 5.99. The fourth-order valence-electron chi connectivity index (χ4n) is 2.42. The van der Waals surface area contributed by atoms with E-state index >= 15 is 0 Å². The van der Waals surface area contributed by atoms with Crippen LogP contribution >= 0.6 is 23.8 Å². The molecule has 0 bridgehead atoms. The Bertz CT molecular complexity index is 630. The molecule has 0 amide bonds. The average molecular weight is 298 g/mol. The number of imidazole rings is 1. The van der Waals surface area contributed by atoms with E-state index in [1.165, 1.54) is 0 Å². The number of aromatic nitrogens is 2. The highest BCUT2D eigenvalue weighted by molar-refractivity contribution is 7.71. The minimum Gasteiger partial charge on any atom is -0.379 e. The third-order valence-corrected chi connectivity index (χ3v) is 4.04. The first-order valence-corrected chi connectivity index (χ1v) is 7.21. The number of benzene rings is 1. The third-order valence-electron chi connectivity index (χ3n) is 3.48. The van der Waals surface area contributed by atoms with Gasteiger partial charge in [-0.05, 0) is 30.4 Å². The van der Waals surface area contributed by atoms with Gasteiger partial charge in [-0.2, -0.15) is 0 Å². The van der Waals surface area contributed by atoms with Crippen LogP contribution in [0.15, 0.2) is 18.2 Å². The van der Waals surface area contributed by atoms with Gasteiger partial charge in [0.05, 0.1) is 24.2 Å². The number of nitrogens with zero attached hydrogens (tertiary/aromatic N) is 2. The maximum absolute atomic E-state index is 5.99. The van der Waals surface area contributed by atoms with E-state index in [-0.39, 0.29) is 0 Å². The van der Waals surface area contributed by atoms with E-state index in [0.717, 1.165) is 60.2 Å². The standard InChI is InChI=1S/C13H16ClN3OS/c14-10-1-2-12-11(9-10)15-13(19)17(12)4-3-16-5-7-18-8-6-16/h1-2,9H,3-8H2,(H,15,19). The first kappa shape index (κ1) is 13.1. The summed E-state index contributed by atoms with van der Waals surface area (Å²) in [6, 6.07) is 5.83. The molecule has 2 heterocycles. The van der Waals surface area contributed by atoms with E-state index in [4.69, 9.17) is 28.6 Å². The van der Waals surface area contributed by atoms with Crippen LogP contribution in [0, 0.1) is 4.77 Å². The van der Waals surface area contributed by atoms with E-state index in [1.54, 1.807) is 0 Å². The van der Waals surface area contributed by atoms with Crippen LogP contribution in [0.25, 0.3) is 11.0 Å². The molecule has 6 heteroatoms. The highest BCUT2D eigenvalue weighted by Crippen LogP contribution is 2.19. The van der Waals surface area contributed by atoms with Crippen molar-refractivity contribution in [3.63, 3.8) is 0 Å². The third kappa shape index (κ3) is 2.84. The fourth-order valence-corrected chi connectivity index (χ4v) is 2.90. The van der Waals surface area contributed by atoms with E-state index in [2.05, 4.69) is 14.5 Å². The molecule has 19 heavy (non-hydrogen) atoms. The zero-order valence-electron chi connectivity index (χ0n) is 10.6. The maximum Gasteiger partial charge on any atom is 0.178 e. The lowest BCUT2D eigenvalue weighted by molar-refractivity contribution is 0.0365. The molecule has 1 aliphatic rings. The Hall–Kier alpha value is -0.880. The normalized spacial score (nSPS) is 17.1. The van der Waals surface area contributed by atoms with Crippen molar-refractivity contribution >= 4 is 34.9 Å². The van der Waals surface area contributed by atoms with Crippen LogP contribution in [0.5, 0.6) is 0 Å². The van der Waals surface area contributed by atoms with Gasteiger partial charge in [0, 0.05) is 31.2 Å². The van der Waals surface area contributed by atoms with Crippen molar-refractivity contribution in [2.24, 2.45) is 0 Å². The minimum absolute atomic E-state index is 0.726. The highest BCUT2D eigenvalue weighted by atomic mass is 35.5. The minimum atomic E-state index is 0.726. The van der Waals surface area contributed by atoms with Gasteiger partial charge in [-0.1, -0.05) is 11.6 Å². The Balaban J connectivity index is 1.80. The number of hydrogen-bond donors (Lipinski definition) is 1. The zero-order chi connectivity index (χ0) is 13.2. The summed E-state index contributed by atoms with van der Waals surface area (Å²) in [6.45, 7) is 5.54. The number of H-pyrrole nitrogens is 1. The Labute approximate surface area is 121 Å². The van der Waals surface area contributed by atoms with Crippen LogP contribution in [0.3, 0.4) is 0 Å². The van der Waals surface area contributed by atoms with E-state index in [1.807, 2.05) is 18.2 Å². The van der Waals surface area contributed by atoms with Gasteiger partial charge in [0.25, 0.3) is 0 Å². The highest BCUT2D eigenvalue weighted by Gasteiger charge is 2.11. The van der Waals surface area contributed by atoms with Gasteiger partial charge in [0.2, 0.25) is 0 Å². The molecule has 102 valence electrons. The molecule has 4 nitrogen and oxygen atoms in total. The topological polar surface area (TPSA) is 33.2 Å². The Kier molecular flexibility index (Phi) is 3.88. The zero-order valence-corrected chi connectivity index (χ0v) is 12.1. The predicted octanol–water partition coefficient (Wildman–Crippen LogP) is 2.68. The van der Waals surface area contributed by atoms with Crippen molar-refractivity contribution < 1.29 is 4.74 Å². The first-order chi connectivity index (χ1) is 9.24. The number of morpholine rings is 1. The second-order valence-corrected chi connectivity index (χ2v) is 5.52. The molecule has 1 aliphatic heterocycles. The van der Waals surface area contributed by atoms with Crippen molar-refractivity contribution in [1.29, 1.82) is 0 Å². The van der Waals surface area contributed by atoms with Gasteiger partial charge in [-0.25, -0.2) is 0 Å². The monoisotopic (exact) mass is 297 g/mol. The van der Waals surface area contributed by atoms with Crippen molar-refractivity contribution in [2.75, 3.05) is 32.8 Å². The molecule has 0 saturated carbocycles. The molecule has 0 spiro atoms. The van der Waals surface area contributed by atoms with Gasteiger partial charge < -0.3 is 14.3 Å². The van der Waals surface area contributed by atoms with E-state index < -0.39 is 0 Å². The number of aromatic amines is 1. The summed E-state index contributed by atoms with van der Waals surface area (Å²) in [5.41, 5.74) is 2.11. The number of rotatable bonds is 3. The Morgan fingerprint density at radius 2 is 2.05 bits per heavy atom. The van der Waals surface area contributed by atoms with Crippen LogP contribution in [-0.4, -0.2) is 47.3 Å². The number of nitrogens with one attached hydrogen (secondary N) is 1. The van der Waals surface area contributed by atoms with Crippen LogP contribution in [0.4, 0.5) is 0 Å². The Morgan fingerprint density at radius 1 is 1.26 bits per heavy atom. The molecule has 0 aliphatic carbocycles. The number of halogens is 1. The van der Waals surface area contributed by atoms with Crippen molar-refractivity contribution in [2.45, 2.75) is 6.54 Å². The molecule has 1 aromatic heterocycles. The molecule has 0 atom stereocenters.